The largest absolute Gasteiger partial charge is 0.497 e. The van der Waals surface area contributed by atoms with Gasteiger partial charge in [-0.1, -0.05) is 6.07 Å². The van der Waals surface area contributed by atoms with Crippen LogP contribution in [0.2, 0.25) is 0 Å². The number of nitrogens with one attached hydrogen (secondary N) is 1. The fourth-order valence-electron chi connectivity index (χ4n) is 4.98. The molecule has 1 aliphatic carbocycles. The number of ether oxygens (including phenoxy) is 1. The van der Waals surface area contributed by atoms with E-state index in [1.165, 1.54) is 0 Å². The molecule has 2 aliphatic heterocycles. The molecule has 8 nitrogen and oxygen atoms in total. The molecule has 1 aromatic carbocycles. The van der Waals surface area contributed by atoms with Crippen LogP contribution < -0.4 is 15.1 Å². The van der Waals surface area contributed by atoms with Gasteiger partial charge in [-0.05, 0) is 43.9 Å². The number of anilines is 1. The van der Waals surface area contributed by atoms with E-state index in [1.54, 1.807) is 12.6 Å². The van der Waals surface area contributed by atoms with Gasteiger partial charge in [-0.2, -0.15) is 0 Å². The first-order chi connectivity index (χ1) is 14.0. The summed E-state index contributed by atoms with van der Waals surface area (Å²) in [5, 5.41) is 9.22. The van der Waals surface area contributed by atoms with E-state index in [0.717, 1.165) is 43.9 Å². The summed E-state index contributed by atoms with van der Waals surface area (Å²) < 4.78 is 5.31. The second-order valence-corrected chi connectivity index (χ2v) is 8.66. The fraction of sp³-hybridized carbons (Fsp3) is 0.619. The van der Waals surface area contributed by atoms with E-state index < -0.39 is 17.9 Å². The van der Waals surface area contributed by atoms with Gasteiger partial charge in [-0.25, -0.2) is 5.48 Å². The molecule has 2 saturated heterocycles. The minimum absolute atomic E-state index is 0.0121. The highest BCUT2D eigenvalue weighted by atomic mass is 16.5. The molecule has 0 aromatic heterocycles. The average molecular weight is 402 g/mol. The molecular weight excluding hydrogens is 372 g/mol. The van der Waals surface area contributed by atoms with Crippen LogP contribution in [0.1, 0.15) is 19.3 Å². The number of nitrogens with zero attached hydrogens (tertiary/aromatic N) is 3. The van der Waals surface area contributed by atoms with Gasteiger partial charge in [0, 0.05) is 44.5 Å². The zero-order valence-corrected chi connectivity index (χ0v) is 17.1. The number of piperazine rings is 1. The highest BCUT2D eigenvalue weighted by Crippen LogP contribution is 2.54. The van der Waals surface area contributed by atoms with Crippen molar-refractivity contribution in [1.82, 2.24) is 15.3 Å². The lowest BCUT2D eigenvalue weighted by Gasteiger charge is -2.45. The van der Waals surface area contributed by atoms with Crippen molar-refractivity contribution in [2.75, 3.05) is 51.8 Å². The van der Waals surface area contributed by atoms with Crippen molar-refractivity contribution < 1.29 is 19.5 Å². The summed E-state index contributed by atoms with van der Waals surface area (Å²) in [7, 11) is 3.58. The molecule has 2 heterocycles. The topological polar surface area (TPSA) is 85.3 Å². The zero-order chi connectivity index (χ0) is 20.6. The summed E-state index contributed by atoms with van der Waals surface area (Å²) in [6, 6.07) is 7.42. The molecule has 2 atom stereocenters. The number of likely N-dealkylation sites (N-methyl/N-ethyl adjacent to an activating group) is 1. The Morgan fingerprint density at radius 3 is 2.55 bits per heavy atom. The Hall–Kier alpha value is -2.32. The monoisotopic (exact) mass is 402 g/mol. The molecule has 158 valence electrons. The van der Waals surface area contributed by atoms with E-state index in [-0.39, 0.29) is 11.3 Å². The Morgan fingerprint density at radius 2 is 1.93 bits per heavy atom. The third kappa shape index (κ3) is 3.91. The van der Waals surface area contributed by atoms with Crippen LogP contribution in [0, 0.1) is 11.3 Å². The number of hydrogen-bond donors (Lipinski definition) is 2. The highest BCUT2D eigenvalue weighted by Gasteiger charge is 2.55. The first kappa shape index (κ1) is 20.0. The number of hydrogen-bond acceptors (Lipinski definition) is 6. The van der Waals surface area contributed by atoms with Crippen LogP contribution in [0.3, 0.4) is 0 Å². The number of carbonyl (C=O) groups excluding carboxylic acids is 2. The summed E-state index contributed by atoms with van der Waals surface area (Å²) in [6.45, 7) is 3.52. The Labute approximate surface area is 171 Å². The van der Waals surface area contributed by atoms with Crippen molar-refractivity contribution in [3.8, 4) is 5.75 Å². The maximum atomic E-state index is 13.4. The number of piperidine rings is 1. The lowest BCUT2D eigenvalue weighted by molar-refractivity contribution is -0.150. The SMILES string of the molecule is COc1cccc(N2CCN(C(=O)[C@@H]3[C@@H](C(=O)NO)CC4(CC4)CN3C)CC2)c1. The molecular formula is C21H30N4O4. The van der Waals surface area contributed by atoms with Crippen LogP contribution in [-0.2, 0) is 9.59 Å². The summed E-state index contributed by atoms with van der Waals surface area (Å²) >= 11 is 0. The van der Waals surface area contributed by atoms with Gasteiger partial charge in [-0.15, -0.1) is 0 Å². The van der Waals surface area contributed by atoms with Gasteiger partial charge in [0.05, 0.1) is 13.0 Å². The minimum atomic E-state index is -0.517. The standard InChI is InChI=1S/C21H30N4O4/c1-23-14-21(6-7-21)13-17(19(26)22-28)18(23)20(27)25-10-8-24(9-11-25)15-4-3-5-16(12-15)29-2/h3-5,12,17-18,28H,6-11,13-14H2,1-2H3,(H,22,26)/t17-,18-/m0/s1. The first-order valence-corrected chi connectivity index (χ1v) is 10.3. The Morgan fingerprint density at radius 1 is 1.21 bits per heavy atom. The lowest BCUT2D eigenvalue weighted by atomic mass is 9.80. The summed E-state index contributed by atoms with van der Waals surface area (Å²) in [4.78, 5) is 31.8. The van der Waals surface area contributed by atoms with Crippen LogP contribution >= 0.6 is 0 Å². The van der Waals surface area contributed by atoms with Gasteiger partial charge >= 0.3 is 0 Å². The maximum absolute atomic E-state index is 13.4. The molecule has 4 rings (SSSR count). The summed E-state index contributed by atoms with van der Waals surface area (Å²) in [5.41, 5.74) is 3.02. The molecule has 1 spiro atoms. The Kier molecular flexibility index (Phi) is 5.40. The van der Waals surface area contributed by atoms with E-state index in [0.29, 0.717) is 19.5 Å². The lowest BCUT2D eigenvalue weighted by Crippen LogP contribution is -2.61. The van der Waals surface area contributed by atoms with Gasteiger partial charge in [0.1, 0.15) is 11.8 Å². The molecule has 29 heavy (non-hydrogen) atoms. The molecule has 2 N–H and O–H groups in total. The van der Waals surface area contributed by atoms with Crippen molar-refractivity contribution in [2.45, 2.75) is 25.3 Å². The van der Waals surface area contributed by atoms with Gasteiger partial charge in [-0.3, -0.25) is 19.7 Å². The molecule has 2 amide bonds. The van der Waals surface area contributed by atoms with E-state index in [9.17, 15) is 14.8 Å². The highest BCUT2D eigenvalue weighted by molar-refractivity contribution is 5.90. The second-order valence-electron chi connectivity index (χ2n) is 8.66. The number of hydroxylamine groups is 1. The minimum Gasteiger partial charge on any atom is -0.497 e. The second kappa shape index (κ2) is 7.84. The van der Waals surface area contributed by atoms with Crippen molar-refractivity contribution in [3.05, 3.63) is 24.3 Å². The number of methoxy groups -OCH3 is 1. The average Bonchev–Trinajstić information content (AvgIpc) is 3.50. The summed E-state index contributed by atoms with van der Waals surface area (Å²) in [6.07, 6.45) is 2.85. The summed E-state index contributed by atoms with van der Waals surface area (Å²) in [5.74, 6) is -0.153. The third-order valence-electron chi connectivity index (χ3n) is 6.76. The smallest absolute Gasteiger partial charge is 0.248 e. The molecule has 0 unspecified atom stereocenters. The zero-order valence-electron chi connectivity index (χ0n) is 17.1. The van der Waals surface area contributed by atoms with Crippen LogP contribution in [0.5, 0.6) is 5.75 Å². The van der Waals surface area contributed by atoms with Crippen LogP contribution in [0.15, 0.2) is 24.3 Å². The van der Waals surface area contributed by atoms with E-state index >= 15 is 0 Å². The van der Waals surface area contributed by atoms with E-state index in [4.69, 9.17) is 4.74 Å². The number of carbonyl (C=O) groups is 2. The molecule has 1 saturated carbocycles. The Balaban J connectivity index is 1.43. The van der Waals surface area contributed by atoms with E-state index in [1.807, 2.05) is 41.1 Å². The maximum Gasteiger partial charge on any atom is 0.248 e. The molecule has 1 aromatic rings. The van der Waals surface area contributed by atoms with Gasteiger partial charge < -0.3 is 14.5 Å². The number of likely N-dealkylation sites (tertiary alicyclic amines) is 1. The molecule has 3 aliphatic rings. The van der Waals surface area contributed by atoms with E-state index in [2.05, 4.69) is 4.90 Å². The van der Waals surface area contributed by atoms with Crippen molar-refractivity contribution in [3.63, 3.8) is 0 Å². The number of benzene rings is 1. The first-order valence-electron chi connectivity index (χ1n) is 10.3. The number of rotatable bonds is 4. The molecule has 0 bridgehead atoms. The fourth-order valence-corrected chi connectivity index (χ4v) is 4.98. The quantitative estimate of drug-likeness (QED) is 0.576. The van der Waals surface area contributed by atoms with Crippen molar-refractivity contribution in [2.24, 2.45) is 11.3 Å². The van der Waals surface area contributed by atoms with Crippen molar-refractivity contribution >= 4 is 17.5 Å². The van der Waals surface area contributed by atoms with Crippen LogP contribution in [0.25, 0.3) is 0 Å². The van der Waals surface area contributed by atoms with Gasteiger partial charge in [0.2, 0.25) is 11.8 Å². The van der Waals surface area contributed by atoms with Gasteiger partial charge in [0.25, 0.3) is 0 Å². The Bertz CT molecular complexity index is 774. The number of amides is 2. The predicted octanol–water partition coefficient (Wildman–Crippen LogP) is 0.950. The normalized spacial score (nSPS) is 26.3. The van der Waals surface area contributed by atoms with Gasteiger partial charge in [0.15, 0.2) is 0 Å². The van der Waals surface area contributed by atoms with Crippen LogP contribution in [-0.4, -0.2) is 79.7 Å². The molecule has 3 fully saturated rings. The molecule has 8 heteroatoms. The third-order valence-corrected chi connectivity index (χ3v) is 6.76. The molecule has 0 radical (unpaired) electrons. The predicted molar refractivity (Wildman–Crippen MR) is 108 cm³/mol. The van der Waals surface area contributed by atoms with Crippen molar-refractivity contribution in [1.29, 1.82) is 0 Å². The van der Waals surface area contributed by atoms with Crippen LogP contribution in [0.4, 0.5) is 5.69 Å².